The largest absolute Gasteiger partial charge is 0.393 e. The van der Waals surface area contributed by atoms with Gasteiger partial charge in [-0.15, -0.1) is 0 Å². The number of rotatable bonds is 11. The van der Waals surface area contributed by atoms with Crippen LogP contribution < -0.4 is 10.6 Å². The van der Waals surface area contributed by atoms with Gasteiger partial charge < -0.3 is 20.2 Å². The summed E-state index contributed by atoms with van der Waals surface area (Å²) in [4.78, 5) is 31.0. The number of pyridine rings is 1. The molecule has 0 spiro atoms. The lowest BCUT2D eigenvalue weighted by molar-refractivity contribution is -0.110. The van der Waals surface area contributed by atoms with Gasteiger partial charge >= 0.3 is 0 Å². The van der Waals surface area contributed by atoms with Crippen LogP contribution in [0, 0.1) is 0 Å². The van der Waals surface area contributed by atoms with E-state index in [1.165, 1.54) is 23.5 Å². The first-order valence-electron chi connectivity index (χ1n) is 12.9. The molecule has 2 aromatic heterocycles. The second kappa shape index (κ2) is 11.5. The smallest absolute Gasteiger partial charge is 0.280 e. The number of anilines is 2. The molecule has 0 unspecified atom stereocenters. The molecule has 0 aliphatic heterocycles. The Labute approximate surface area is 231 Å². The highest BCUT2D eigenvalue weighted by atomic mass is 32.2. The molecule has 13 heteroatoms. The summed E-state index contributed by atoms with van der Waals surface area (Å²) < 4.78 is 25.2. The Kier molecular flexibility index (Phi) is 8.12. The number of likely N-dealkylation sites (N-methyl/N-ethyl adjacent to an activating group) is 1. The zero-order valence-electron chi connectivity index (χ0n) is 21.8. The third-order valence-electron chi connectivity index (χ3n) is 6.63. The van der Waals surface area contributed by atoms with Crippen LogP contribution >= 0.6 is 11.3 Å². The number of fused-ring (bicyclic) bond motifs is 1. The summed E-state index contributed by atoms with van der Waals surface area (Å²) in [5, 5.41) is 20.1. The fourth-order valence-corrected chi connectivity index (χ4v) is 6.76. The maximum absolute atomic E-state index is 13.4. The van der Waals surface area contributed by atoms with Gasteiger partial charge in [-0.05, 0) is 64.0 Å². The molecule has 3 N–H and O–H groups in total. The van der Waals surface area contributed by atoms with Crippen molar-refractivity contribution in [1.82, 2.24) is 14.9 Å². The highest BCUT2D eigenvalue weighted by Gasteiger charge is 2.37. The first kappa shape index (κ1) is 27.4. The van der Waals surface area contributed by atoms with E-state index >= 15 is 0 Å². The number of hydrogen-bond acceptors (Lipinski definition) is 11. The van der Waals surface area contributed by atoms with Crippen LogP contribution in [0.4, 0.5) is 10.9 Å². The third kappa shape index (κ3) is 6.72. The van der Waals surface area contributed by atoms with E-state index in [1.807, 2.05) is 26.2 Å². The molecule has 1 amide bonds. The van der Waals surface area contributed by atoms with E-state index < -0.39 is 21.8 Å². The summed E-state index contributed by atoms with van der Waals surface area (Å²) in [5.74, 6) is 0.177. The third-order valence-corrected chi connectivity index (χ3v) is 9.78. The minimum atomic E-state index is -3.36. The number of amides is 1. The summed E-state index contributed by atoms with van der Waals surface area (Å²) >= 11 is 1.24. The van der Waals surface area contributed by atoms with Crippen molar-refractivity contribution < 1.29 is 23.2 Å². The van der Waals surface area contributed by atoms with E-state index in [1.54, 1.807) is 12.1 Å². The Morgan fingerprint density at radius 2 is 1.90 bits per heavy atom. The molecule has 11 nitrogen and oxygen atoms in total. The van der Waals surface area contributed by atoms with Gasteiger partial charge in [-0.1, -0.05) is 28.6 Å². The minimum absolute atomic E-state index is 0.00924. The molecule has 5 rings (SSSR count). The van der Waals surface area contributed by atoms with E-state index in [4.69, 9.17) is 4.84 Å². The van der Waals surface area contributed by atoms with Crippen LogP contribution in [0.15, 0.2) is 46.4 Å². The Morgan fingerprint density at radius 1 is 1.13 bits per heavy atom. The van der Waals surface area contributed by atoms with Gasteiger partial charge in [0.25, 0.3) is 5.91 Å². The second-order valence-electron chi connectivity index (χ2n) is 10.1. The SMILES string of the molecule is CN(C)CCNc1ccc2nc(NC(=O)C(=NO[C@@H]3CC[C@@H](O)C3)c3ccc(S(=O)(=O)C4CC4)cc3)sc2n1. The number of oxime groups is 1. The maximum atomic E-state index is 13.4. The van der Waals surface area contributed by atoms with Crippen molar-refractivity contribution >= 4 is 54.1 Å². The molecule has 2 fully saturated rings. The molecule has 2 atom stereocenters. The summed E-state index contributed by atoms with van der Waals surface area (Å²) in [6.45, 7) is 1.60. The number of carbonyl (C=O) groups is 1. The van der Waals surface area contributed by atoms with E-state index in [0.29, 0.717) is 53.1 Å². The van der Waals surface area contributed by atoms with Crippen molar-refractivity contribution in [3.63, 3.8) is 0 Å². The first-order valence-corrected chi connectivity index (χ1v) is 15.3. The lowest BCUT2D eigenvalue weighted by Crippen LogP contribution is -2.25. The van der Waals surface area contributed by atoms with Crippen molar-refractivity contribution in [3.8, 4) is 0 Å². The molecule has 2 heterocycles. The van der Waals surface area contributed by atoms with Gasteiger partial charge in [0.15, 0.2) is 20.7 Å². The first-order chi connectivity index (χ1) is 18.7. The van der Waals surface area contributed by atoms with Crippen molar-refractivity contribution in [2.75, 3.05) is 37.8 Å². The Morgan fingerprint density at radius 3 is 2.56 bits per heavy atom. The average Bonchev–Trinajstić information content (AvgIpc) is 3.58. The van der Waals surface area contributed by atoms with E-state index in [0.717, 1.165) is 18.9 Å². The Bertz CT molecular complexity index is 1470. The highest BCUT2D eigenvalue weighted by molar-refractivity contribution is 7.92. The van der Waals surface area contributed by atoms with Gasteiger partial charge in [-0.3, -0.25) is 10.1 Å². The number of hydrogen-bond donors (Lipinski definition) is 3. The molecular weight excluding hydrogens is 540 g/mol. The van der Waals surface area contributed by atoms with Crippen LogP contribution in [0.3, 0.4) is 0 Å². The molecule has 2 aliphatic rings. The number of nitrogens with one attached hydrogen (secondary N) is 2. The molecule has 0 bridgehead atoms. The van der Waals surface area contributed by atoms with Crippen LogP contribution in [0.25, 0.3) is 10.3 Å². The lowest BCUT2D eigenvalue weighted by Gasteiger charge is -2.11. The molecule has 0 radical (unpaired) electrons. The van der Waals surface area contributed by atoms with Gasteiger partial charge in [-0.2, -0.15) is 0 Å². The fraction of sp³-hybridized carbons (Fsp3) is 0.462. The van der Waals surface area contributed by atoms with Crippen LogP contribution in [0.2, 0.25) is 0 Å². The van der Waals surface area contributed by atoms with Gasteiger partial charge in [0.1, 0.15) is 22.3 Å². The summed E-state index contributed by atoms with van der Waals surface area (Å²) in [7, 11) is 0.642. The zero-order chi connectivity index (χ0) is 27.6. The number of nitrogens with zero attached hydrogens (tertiary/aromatic N) is 4. The summed E-state index contributed by atoms with van der Waals surface area (Å²) in [5.41, 5.74) is 1.05. The van der Waals surface area contributed by atoms with Gasteiger partial charge in [-0.25, -0.2) is 18.4 Å². The van der Waals surface area contributed by atoms with E-state index in [-0.39, 0.29) is 22.0 Å². The molecule has 2 aliphatic carbocycles. The molecule has 39 heavy (non-hydrogen) atoms. The van der Waals surface area contributed by atoms with Crippen molar-refractivity contribution in [2.45, 2.75) is 54.5 Å². The van der Waals surface area contributed by atoms with Crippen molar-refractivity contribution in [1.29, 1.82) is 0 Å². The van der Waals surface area contributed by atoms with Crippen molar-refractivity contribution in [2.24, 2.45) is 5.16 Å². The normalized spacial score (nSPS) is 19.9. The lowest BCUT2D eigenvalue weighted by atomic mass is 10.1. The number of aliphatic hydroxyl groups is 1. The van der Waals surface area contributed by atoms with Gasteiger partial charge in [0, 0.05) is 25.1 Å². The Balaban J connectivity index is 1.35. The predicted octanol–water partition coefficient (Wildman–Crippen LogP) is 2.87. The number of aliphatic hydroxyl groups excluding tert-OH is 1. The molecule has 3 aromatic rings. The van der Waals surface area contributed by atoms with Crippen LogP contribution in [0.5, 0.6) is 0 Å². The molecule has 1 aromatic carbocycles. The quantitative estimate of drug-likeness (QED) is 0.233. The average molecular weight is 573 g/mol. The number of thiazole rings is 1. The second-order valence-corrected chi connectivity index (χ2v) is 13.3. The molecule has 2 saturated carbocycles. The standard InChI is InChI=1S/C26H32N6O5S2/c1-32(2)14-13-27-22-12-11-21-25(29-22)38-26(28-21)30-24(34)23(31-37-18-6-5-17(33)15-18)16-3-7-19(8-4-16)39(35,36)20-9-10-20/h3-4,7-8,11-12,17-18,20,33H,5-6,9-10,13-15H2,1-2H3,(H,27,29)(H,28,30,34)/t17-,18-/m1/s1. The number of sulfone groups is 1. The topological polar surface area (TPSA) is 146 Å². The summed E-state index contributed by atoms with van der Waals surface area (Å²) in [6, 6.07) is 9.81. The number of carbonyl (C=O) groups excluding carboxylic acids is 1. The molecule has 208 valence electrons. The van der Waals surface area contributed by atoms with Gasteiger partial charge in [0.2, 0.25) is 0 Å². The zero-order valence-corrected chi connectivity index (χ0v) is 23.5. The highest BCUT2D eigenvalue weighted by Crippen LogP contribution is 2.33. The van der Waals surface area contributed by atoms with E-state index in [9.17, 15) is 18.3 Å². The van der Waals surface area contributed by atoms with Crippen LogP contribution in [0.1, 0.15) is 37.7 Å². The number of benzene rings is 1. The van der Waals surface area contributed by atoms with Crippen LogP contribution in [-0.2, 0) is 19.5 Å². The van der Waals surface area contributed by atoms with E-state index in [2.05, 4.69) is 30.7 Å². The van der Waals surface area contributed by atoms with Crippen molar-refractivity contribution in [3.05, 3.63) is 42.0 Å². The van der Waals surface area contributed by atoms with Gasteiger partial charge in [0.05, 0.1) is 16.2 Å². The number of aromatic nitrogens is 2. The monoisotopic (exact) mass is 572 g/mol. The minimum Gasteiger partial charge on any atom is -0.393 e. The summed E-state index contributed by atoms with van der Waals surface area (Å²) in [6.07, 6.45) is 2.27. The Hall–Kier alpha value is -3.13. The molecule has 0 saturated heterocycles. The molecular formula is C26H32N6O5S2. The predicted molar refractivity (Wildman–Crippen MR) is 151 cm³/mol. The maximum Gasteiger partial charge on any atom is 0.280 e. The fourth-order valence-electron chi connectivity index (χ4n) is 4.27. The van der Waals surface area contributed by atoms with Crippen LogP contribution in [-0.4, -0.2) is 84.7 Å².